The van der Waals surface area contributed by atoms with Gasteiger partial charge in [0.25, 0.3) is 0 Å². The van der Waals surface area contributed by atoms with E-state index in [1.165, 1.54) is 13.2 Å². The van der Waals surface area contributed by atoms with Crippen LogP contribution in [0, 0.1) is 25.6 Å². The highest BCUT2D eigenvalue weighted by atomic mass is 19.1. The number of carbonyl (C=O) groups is 1. The van der Waals surface area contributed by atoms with Crippen LogP contribution in [0.5, 0.6) is 5.75 Å². The molecule has 5 rings (SSSR count). The minimum atomic E-state index is -0.415. The molecule has 6 nitrogen and oxygen atoms in total. The third-order valence-electron chi connectivity index (χ3n) is 6.23. The summed E-state index contributed by atoms with van der Waals surface area (Å²) in [5, 5.41) is 0. The number of amides is 1. The molecule has 2 aromatic rings. The minimum Gasteiger partial charge on any atom is -0.497 e. The summed E-state index contributed by atoms with van der Waals surface area (Å²) in [5.74, 6) is 1.98. The standard InChI is InChI=1S/C23H29FN2O4/c1-15-10-19(16(2)29-15)13-26(12-18-4-5-20(28-3)11-21(18)24)23(27)30-22-14-25-8-6-17(22)7-9-25/h4-5,10-11,17,22H,6-9,12-14H2,1-3H3. The van der Waals surface area contributed by atoms with Gasteiger partial charge in [0.05, 0.1) is 20.2 Å². The third kappa shape index (κ3) is 4.46. The molecule has 0 aliphatic carbocycles. The van der Waals surface area contributed by atoms with Crippen molar-refractivity contribution in [2.45, 2.75) is 45.9 Å². The van der Waals surface area contributed by atoms with Gasteiger partial charge in [-0.1, -0.05) is 6.07 Å². The van der Waals surface area contributed by atoms with E-state index < -0.39 is 11.9 Å². The van der Waals surface area contributed by atoms with Gasteiger partial charge in [-0.05, 0) is 57.8 Å². The Morgan fingerprint density at radius 3 is 2.50 bits per heavy atom. The average molecular weight is 416 g/mol. The lowest BCUT2D eigenvalue weighted by molar-refractivity contribution is -0.0450. The number of nitrogens with zero attached hydrogens (tertiary/aromatic N) is 2. The van der Waals surface area contributed by atoms with Crippen LogP contribution in [0.3, 0.4) is 0 Å². The predicted octanol–water partition coefficient (Wildman–Crippen LogP) is 4.28. The van der Waals surface area contributed by atoms with Gasteiger partial charge in [-0.2, -0.15) is 0 Å². The number of ether oxygens (including phenoxy) is 2. The van der Waals surface area contributed by atoms with Crippen LogP contribution in [0.4, 0.5) is 9.18 Å². The summed E-state index contributed by atoms with van der Waals surface area (Å²) < 4.78 is 31.2. The zero-order valence-electron chi connectivity index (χ0n) is 17.8. The molecule has 162 valence electrons. The van der Waals surface area contributed by atoms with Crippen molar-refractivity contribution in [3.05, 3.63) is 52.7 Å². The van der Waals surface area contributed by atoms with Crippen molar-refractivity contribution in [2.24, 2.45) is 5.92 Å². The maximum Gasteiger partial charge on any atom is 0.410 e. The number of fused-ring (bicyclic) bond motifs is 3. The first-order chi connectivity index (χ1) is 14.4. The second kappa shape index (κ2) is 8.68. The molecular formula is C23H29FN2O4. The average Bonchev–Trinajstić information content (AvgIpc) is 3.06. The summed E-state index contributed by atoms with van der Waals surface area (Å²) in [7, 11) is 1.50. The molecule has 3 fully saturated rings. The van der Waals surface area contributed by atoms with Crippen LogP contribution >= 0.6 is 0 Å². The van der Waals surface area contributed by atoms with Gasteiger partial charge in [0, 0.05) is 23.7 Å². The second-order valence-electron chi connectivity index (χ2n) is 8.31. The van der Waals surface area contributed by atoms with Gasteiger partial charge >= 0.3 is 6.09 Å². The van der Waals surface area contributed by atoms with Crippen molar-refractivity contribution in [3.8, 4) is 5.75 Å². The summed E-state index contributed by atoms with van der Waals surface area (Å²) in [4.78, 5) is 17.1. The van der Waals surface area contributed by atoms with E-state index >= 15 is 0 Å². The first kappa shape index (κ1) is 20.7. The van der Waals surface area contributed by atoms with Crippen molar-refractivity contribution in [1.82, 2.24) is 9.80 Å². The van der Waals surface area contributed by atoms with E-state index in [2.05, 4.69) is 4.90 Å². The predicted molar refractivity (Wildman–Crippen MR) is 110 cm³/mol. The lowest BCUT2D eigenvalue weighted by atomic mass is 9.86. The lowest BCUT2D eigenvalue weighted by Crippen LogP contribution is -2.52. The Labute approximate surface area is 176 Å². The van der Waals surface area contributed by atoms with E-state index in [9.17, 15) is 9.18 Å². The van der Waals surface area contributed by atoms with E-state index in [1.54, 1.807) is 17.0 Å². The van der Waals surface area contributed by atoms with Crippen molar-refractivity contribution >= 4 is 6.09 Å². The summed E-state index contributed by atoms with van der Waals surface area (Å²) in [6, 6.07) is 6.59. The van der Waals surface area contributed by atoms with Crippen LogP contribution in [-0.2, 0) is 17.8 Å². The van der Waals surface area contributed by atoms with Crippen molar-refractivity contribution < 1.29 is 23.1 Å². The highest BCUT2D eigenvalue weighted by Gasteiger charge is 2.37. The fourth-order valence-electron chi connectivity index (χ4n) is 4.47. The summed E-state index contributed by atoms with van der Waals surface area (Å²) in [6.07, 6.45) is 1.61. The maximum absolute atomic E-state index is 14.6. The number of rotatable bonds is 6. The fraction of sp³-hybridized carbons (Fsp3) is 0.522. The minimum absolute atomic E-state index is 0.101. The van der Waals surface area contributed by atoms with E-state index in [0.29, 0.717) is 23.8 Å². The van der Waals surface area contributed by atoms with Crippen LogP contribution < -0.4 is 4.74 Å². The van der Waals surface area contributed by atoms with Crippen LogP contribution in [0.2, 0.25) is 0 Å². The molecule has 2 bridgehead atoms. The van der Waals surface area contributed by atoms with E-state index in [1.807, 2.05) is 19.9 Å². The van der Waals surface area contributed by atoms with Crippen LogP contribution in [0.25, 0.3) is 0 Å². The normalized spacial score (nSPS) is 22.7. The van der Waals surface area contributed by atoms with Crippen LogP contribution in [-0.4, -0.2) is 48.7 Å². The summed E-state index contributed by atoms with van der Waals surface area (Å²) >= 11 is 0. The molecule has 0 N–H and O–H groups in total. The Bertz CT molecular complexity index is 905. The molecule has 1 amide bonds. The van der Waals surface area contributed by atoms with Crippen molar-refractivity contribution in [3.63, 3.8) is 0 Å². The molecule has 1 aromatic carbocycles. The van der Waals surface area contributed by atoms with Crippen molar-refractivity contribution in [2.75, 3.05) is 26.7 Å². The first-order valence-electron chi connectivity index (χ1n) is 10.5. The molecule has 3 aliphatic heterocycles. The van der Waals surface area contributed by atoms with E-state index in [4.69, 9.17) is 13.9 Å². The number of methoxy groups -OCH3 is 1. The molecule has 0 saturated carbocycles. The number of aryl methyl sites for hydroxylation is 2. The lowest BCUT2D eigenvalue weighted by Gasteiger charge is -2.44. The molecule has 1 atom stereocenters. The van der Waals surface area contributed by atoms with E-state index in [0.717, 1.165) is 49.6 Å². The number of piperidine rings is 3. The molecule has 1 aromatic heterocycles. The van der Waals surface area contributed by atoms with E-state index in [-0.39, 0.29) is 12.6 Å². The number of carbonyl (C=O) groups excluding carboxylic acids is 1. The number of halogens is 1. The third-order valence-corrected chi connectivity index (χ3v) is 6.23. The Kier molecular flexibility index (Phi) is 5.99. The number of furan rings is 1. The molecule has 4 heterocycles. The zero-order valence-corrected chi connectivity index (χ0v) is 17.8. The highest BCUT2D eigenvalue weighted by molar-refractivity contribution is 5.68. The van der Waals surface area contributed by atoms with Crippen molar-refractivity contribution in [1.29, 1.82) is 0 Å². The fourth-order valence-corrected chi connectivity index (χ4v) is 4.47. The smallest absolute Gasteiger partial charge is 0.410 e. The topological polar surface area (TPSA) is 55.1 Å². The Hall–Kier alpha value is -2.54. The highest BCUT2D eigenvalue weighted by Crippen LogP contribution is 2.30. The molecule has 30 heavy (non-hydrogen) atoms. The zero-order chi connectivity index (χ0) is 21.3. The first-order valence-corrected chi connectivity index (χ1v) is 10.5. The van der Waals surface area contributed by atoms with Gasteiger partial charge in [-0.15, -0.1) is 0 Å². The molecule has 0 radical (unpaired) electrons. The molecule has 7 heteroatoms. The molecule has 3 saturated heterocycles. The van der Waals surface area contributed by atoms with Gasteiger partial charge in [-0.25, -0.2) is 9.18 Å². The van der Waals surface area contributed by atoms with Gasteiger partial charge in [0.2, 0.25) is 0 Å². The Morgan fingerprint density at radius 1 is 1.20 bits per heavy atom. The maximum atomic E-state index is 14.6. The van der Waals surface area contributed by atoms with Crippen LogP contribution in [0.15, 0.2) is 28.7 Å². The molecule has 1 unspecified atom stereocenters. The van der Waals surface area contributed by atoms with Gasteiger partial charge in [-0.3, -0.25) is 9.80 Å². The number of hydrogen-bond donors (Lipinski definition) is 0. The second-order valence-corrected chi connectivity index (χ2v) is 8.31. The monoisotopic (exact) mass is 416 g/mol. The molecule has 3 aliphatic rings. The van der Waals surface area contributed by atoms with Gasteiger partial charge < -0.3 is 13.9 Å². The summed E-state index contributed by atoms with van der Waals surface area (Å²) in [5.41, 5.74) is 1.31. The summed E-state index contributed by atoms with van der Waals surface area (Å²) in [6.45, 7) is 7.08. The Morgan fingerprint density at radius 2 is 1.93 bits per heavy atom. The SMILES string of the molecule is COc1ccc(CN(Cc2cc(C)oc2C)C(=O)OC2CN3CCC2CC3)c(F)c1. The quantitative estimate of drug-likeness (QED) is 0.704. The largest absolute Gasteiger partial charge is 0.497 e. The van der Waals surface area contributed by atoms with Gasteiger partial charge in [0.15, 0.2) is 0 Å². The Balaban J connectivity index is 1.53. The van der Waals surface area contributed by atoms with Crippen LogP contribution in [0.1, 0.15) is 35.5 Å². The molecular weight excluding hydrogens is 387 g/mol. The number of hydrogen-bond acceptors (Lipinski definition) is 5. The molecule has 0 spiro atoms. The number of benzene rings is 1. The van der Waals surface area contributed by atoms with Gasteiger partial charge in [0.1, 0.15) is 29.2 Å².